The number of hydrogen-bond acceptors (Lipinski definition) is 15. The molecule has 14 aromatic carbocycles. The van der Waals surface area contributed by atoms with Gasteiger partial charge in [0.1, 0.15) is 11.2 Å². The summed E-state index contributed by atoms with van der Waals surface area (Å²) >= 11 is 6.95. The minimum absolute atomic E-state index is 0.178. The second kappa shape index (κ2) is 26.0. The van der Waals surface area contributed by atoms with Crippen molar-refractivity contribution >= 4 is 148 Å². The van der Waals surface area contributed by atoms with E-state index in [0.29, 0.717) is 46.6 Å². The number of thiophene rings is 4. The van der Waals surface area contributed by atoms with Crippen LogP contribution in [-0.2, 0) is 5.41 Å². The van der Waals surface area contributed by atoms with Crippen molar-refractivity contribution in [2.45, 2.75) is 19.3 Å². The van der Waals surface area contributed by atoms with Crippen molar-refractivity contribution in [3.8, 4) is 136 Å². The third-order valence-corrected chi connectivity index (χ3v) is 27.6. The Morgan fingerprint density at radius 2 is 0.629 bits per heavy atom. The molecule has 24 rings (SSSR count). The second-order valence-electron chi connectivity index (χ2n) is 30.0. The lowest BCUT2D eigenvalue weighted by atomic mass is 9.82. The maximum atomic E-state index is 7.22. The molecule has 9 heterocycles. The minimum Gasteiger partial charge on any atom is -0.455 e. The Bertz CT molecular complexity index is 8030. The highest BCUT2D eigenvalue weighted by Gasteiger charge is 2.36. The lowest BCUT2D eigenvalue weighted by Gasteiger charge is -2.22. The van der Waals surface area contributed by atoms with Gasteiger partial charge in [-0.3, -0.25) is 0 Å². The summed E-state index contributed by atoms with van der Waals surface area (Å²) in [5.41, 5.74) is 21.3. The summed E-state index contributed by atoms with van der Waals surface area (Å²) < 4.78 is 15.9. The number of rotatable bonds is 11. The maximum absolute atomic E-state index is 7.22. The van der Waals surface area contributed by atoms with E-state index >= 15 is 0 Å². The van der Waals surface area contributed by atoms with Crippen LogP contribution < -0.4 is 0 Å². The van der Waals surface area contributed by atoms with Crippen molar-refractivity contribution in [1.82, 2.24) is 49.8 Å². The molecule has 11 nitrogen and oxygen atoms in total. The highest BCUT2D eigenvalue weighted by atomic mass is 32.1. The summed E-state index contributed by atoms with van der Waals surface area (Å²) in [6.07, 6.45) is 0. The van der Waals surface area contributed by atoms with Crippen molar-refractivity contribution in [2.75, 3.05) is 0 Å². The van der Waals surface area contributed by atoms with E-state index in [1.807, 2.05) is 78.9 Å². The van der Waals surface area contributed by atoms with Crippen LogP contribution in [0.25, 0.3) is 239 Å². The molecule has 0 amide bonds. The minimum atomic E-state index is -0.178. The number of benzene rings is 14. The molecule has 0 saturated heterocycles. The number of aromatic nitrogens is 10. The van der Waals surface area contributed by atoms with Crippen LogP contribution in [0, 0.1) is 0 Å². The van der Waals surface area contributed by atoms with E-state index in [-0.39, 0.29) is 5.41 Å². The topological polar surface area (TPSA) is 142 Å². The van der Waals surface area contributed by atoms with Crippen LogP contribution in [0.5, 0.6) is 0 Å². The highest BCUT2D eigenvalue weighted by Crippen LogP contribution is 2.53. The molecule has 15 heteroatoms. The number of fused-ring (bicyclic) bond motifs is 18. The van der Waals surface area contributed by atoms with Gasteiger partial charge in [-0.1, -0.05) is 269 Å². The van der Waals surface area contributed by atoms with Gasteiger partial charge in [-0.25, -0.2) is 49.8 Å². The van der Waals surface area contributed by atoms with E-state index in [1.54, 1.807) is 45.3 Å². The van der Waals surface area contributed by atoms with E-state index in [0.717, 1.165) is 176 Å². The molecule has 0 radical (unpaired) electrons. The lowest BCUT2D eigenvalue weighted by molar-refractivity contribution is 0.660. The number of para-hydroxylation sites is 1. The van der Waals surface area contributed by atoms with Crippen molar-refractivity contribution in [3.05, 3.63) is 327 Å². The molecule has 0 fully saturated rings. The van der Waals surface area contributed by atoms with Crippen molar-refractivity contribution in [2.24, 2.45) is 0 Å². The van der Waals surface area contributed by atoms with Crippen LogP contribution in [0.15, 0.2) is 320 Å². The van der Waals surface area contributed by atoms with Gasteiger partial charge in [-0.05, 0) is 94.0 Å². The van der Waals surface area contributed by atoms with Crippen LogP contribution in [0.2, 0.25) is 0 Å². The van der Waals surface area contributed by atoms with Gasteiger partial charge in [0, 0.05) is 132 Å². The Hall–Kier alpha value is -14.1. The fraction of sp³-hybridized carbons (Fsp3) is 0.0297. The molecule has 23 aromatic rings. The van der Waals surface area contributed by atoms with E-state index < -0.39 is 0 Å². The van der Waals surface area contributed by atoms with Crippen molar-refractivity contribution < 1.29 is 4.42 Å². The third kappa shape index (κ3) is 10.5. The Balaban J connectivity index is 0.622. The van der Waals surface area contributed by atoms with E-state index in [9.17, 15) is 0 Å². The molecule has 0 saturated carbocycles. The molecule has 0 spiro atoms. The maximum Gasteiger partial charge on any atom is 0.164 e. The highest BCUT2D eigenvalue weighted by molar-refractivity contribution is 7.27. The van der Waals surface area contributed by atoms with Crippen LogP contribution in [0.3, 0.4) is 0 Å². The molecule has 0 aliphatic heterocycles. The lowest BCUT2D eigenvalue weighted by Crippen LogP contribution is -2.14. The molecule has 0 N–H and O–H groups in total. The Labute approximate surface area is 679 Å². The normalized spacial score (nSPS) is 12.6. The van der Waals surface area contributed by atoms with Crippen molar-refractivity contribution in [3.63, 3.8) is 0 Å². The first-order valence-corrected chi connectivity index (χ1v) is 41.8. The fourth-order valence-electron chi connectivity index (χ4n) is 17.4. The molecular weight excluding hydrogens is 1500 g/mol. The molecule has 1 aliphatic rings. The predicted molar refractivity (Wildman–Crippen MR) is 481 cm³/mol. The first-order chi connectivity index (χ1) is 57.2. The van der Waals surface area contributed by atoms with Crippen LogP contribution in [0.1, 0.15) is 25.0 Å². The van der Waals surface area contributed by atoms with Gasteiger partial charge in [0.15, 0.2) is 46.6 Å². The Kier molecular flexibility index (Phi) is 14.9. The molecule has 9 aromatic heterocycles. The first kappa shape index (κ1) is 66.5. The SMILES string of the molecule is CC1(C)c2ccccc2-c2ccc(-c3nc(-c4cccc5c4sc4cccc(-c6nc(-c7ccccc7)nc(-c7cccc(-c8cccc9oc%10c(-c%11nc(-c%12cccc%13c%12sc%12cccc(-c%14nc(-c%15ccccc%15)nc(-c%15ccccc%15)n%14)c%12%13)nc%12c%11sc%11ccccc%11%12)cccc%10c89)c7)n6)c45)nc4c3sc3ccccc34)cc21. The summed E-state index contributed by atoms with van der Waals surface area (Å²) in [5, 5.41) is 8.40. The van der Waals surface area contributed by atoms with Gasteiger partial charge in [0.25, 0.3) is 0 Å². The zero-order chi connectivity index (χ0) is 76.4. The van der Waals surface area contributed by atoms with Gasteiger partial charge in [-0.2, -0.15) is 0 Å². The fourth-order valence-corrected chi connectivity index (χ4v) is 22.2. The number of hydrogen-bond donors (Lipinski definition) is 0. The summed E-state index contributed by atoms with van der Waals surface area (Å²) in [5.74, 6) is 4.81. The van der Waals surface area contributed by atoms with Crippen LogP contribution in [-0.4, -0.2) is 49.8 Å². The van der Waals surface area contributed by atoms with Crippen molar-refractivity contribution in [1.29, 1.82) is 0 Å². The summed E-state index contributed by atoms with van der Waals surface area (Å²) in [4.78, 5) is 54.2. The summed E-state index contributed by atoms with van der Waals surface area (Å²) in [6, 6.07) is 111. The van der Waals surface area contributed by atoms with Gasteiger partial charge < -0.3 is 4.42 Å². The van der Waals surface area contributed by atoms with E-state index in [4.69, 9.17) is 54.3 Å². The predicted octanol–water partition coefficient (Wildman–Crippen LogP) is 27.7. The zero-order valence-electron chi connectivity index (χ0n) is 62.0. The van der Waals surface area contributed by atoms with Crippen LogP contribution >= 0.6 is 45.3 Å². The summed E-state index contributed by atoms with van der Waals surface area (Å²) in [7, 11) is 0. The second-order valence-corrected chi connectivity index (χ2v) is 34.2. The standard InChI is InChI=1S/C101H58N10OS4/c1-101(2)74-45-15-12-33-62(74)63-52-51-59(54-75(63)101)84-91-85(64-34-13-16-47-77(64)113-91)103-99(102-84)72-43-20-38-67-83-70(41-24-50-80(83)115-89(67)72)98-110-95(57-29-10-5-11-30-57)107-96(111-98)60-32-18-31-58(53-60)61-36-22-46-76-81(61)66-37-19-42-71(88(66)112-76)87-92-86(65-35-14-17-48-78(65)114-92)104-100(105-87)73-44-21-39-68-82-69(40-23-49-79(82)116-90(68)73)97-108-93(55-25-6-3-7-26-55)106-94(109-97)56-27-8-4-9-28-56/h3-54H,1-2H3. The van der Waals surface area contributed by atoms with Gasteiger partial charge in [-0.15, -0.1) is 45.3 Å². The Morgan fingerprint density at radius 1 is 0.233 bits per heavy atom. The first-order valence-electron chi connectivity index (χ1n) is 38.5. The molecule has 0 bridgehead atoms. The molecular formula is C101H58N10OS4. The monoisotopic (exact) mass is 1550 g/mol. The number of nitrogens with zero attached hydrogens (tertiary/aromatic N) is 10. The molecule has 1 aliphatic carbocycles. The largest absolute Gasteiger partial charge is 0.455 e. The molecule has 542 valence electrons. The Morgan fingerprint density at radius 3 is 1.22 bits per heavy atom. The van der Waals surface area contributed by atoms with Crippen LogP contribution in [0.4, 0.5) is 0 Å². The molecule has 0 atom stereocenters. The smallest absolute Gasteiger partial charge is 0.164 e. The average Bonchev–Trinajstić information content (AvgIpc) is 1.57. The zero-order valence-corrected chi connectivity index (χ0v) is 65.3. The molecule has 116 heavy (non-hydrogen) atoms. The van der Waals surface area contributed by atoms with Gasteiger partial charge in [0.05, 0.1) is 31.8 Å². The third-order valence-electron chi connectivity index (χ3n) is 22.9. The van der Waals surface area contributed by atoms with E-state index in [1.165, 1.54) is 27.0 Å². The molecule has 0 unspecified atom stereocenters. The quantitative estimate of drug-likeness (QED) is 0.122. The average molecular weight is 1560 g/mol. The summed E-state index contributed by atoms with van der Waals surface area (Å²) in [6.45, 7) is 4.67. The number of furan rings is 1. The van der Waals surface area contributed by atoms with E-state index in [2.05, 4.69) is 250 Å². The van der Waals surface area contributed by atoms with Gasteiger partial charge in [0.2, 0.25) is 0 Å². The van der Waals surface area contributed by atoms with Gasteiger partial charge >= 0.3 is 0 Å².